The predicted octanol–water partition coefficient (Wildman–Crippen LogP) is 0.404. The first kappa shape index (κ1) is 11.1. The summed E-state index contributed by atoms with van der Waals surface area (Å²) in [5, 5.41) is 8.84. The van der Waals surface area contributed by atoms with Crippen molar-refractivity contribution in [3.63, 3.8) is 0 Å². The fourth-order valence-electron chi connectivity index (χ4n) is 1.53. The van der Waals surface area contributed by atoms with E-state index < -0.39 is 12.0 Å². The molecule has 0 aliphatic carbocycles. The second-order valence-electron chi connectivity index (χ2n) is 3.28. The van der Waals surface area contributed by atoms with Gasteiger partial charge in [-0.25, -0.2) is 4.79 Å². The highest BCUT2D eigenvalue weighted by atomic mass is 32.1. The van der Waals surface area contributed by atoms with Gasteiger partial charge in [-0.15, -0.1) is 6.58 Å². The smallest absolute Gasteiger partial charge is 0.327 e. The lowest BCUT2D eigenvalue weighted by Gasteiger charge is -2.22. The van der Waals surface area contributed by atoms with E-state index in [0.717, 1.165) is 0 Å². The molecule has 78 valence electrons. The van der Waals surface area contributed by atoms with E-state index in [4.69, 9.17) is 5.11 Å². The summed E-state index contributed by atoms with van der Waals surface area (Å²) in [5.41, 5.74) is 0. The van der Waals surface area contributed by atoms with E-state index in [1.165, 1.54) is 4.90 Å². The van der Waals surface area contributed by atoms with Gasteiger partial charge >= 0.3 is 5.97 Å². The summed E-state index contributed by atoms with van der Waals surface area (Å²) in [6, 6.07) is -0.809. The van der Waals surface area contributed by atoms with E-state index in [0.29, 0.717) is 13.0 Å². The van der Waals surface area contributed by atoms with Crippen LogP contribution in [-0.2, 0) is 9.59 Å². The number of hydrogen-bond acceptors (Lipinski definition) is 3. The number of aliphatic carboxylic acids is 1. The quantitative estimate of drug-likeness (QED) is 0.527. The molecule has 5 heteroatoms. The van der Waals surface area contributed by atoms with Gasteiger partial charge in [-0.05, 0) is 0 Å². The summed E-state index contributed by atoms with van der Waals surface area (Å²) in [6.45, 7) is 4.04. The largest absolute Gasteiger partial charge is 0.480 e. The number of carboxylic acids is 1. The number of nitrogens with zero attached hydrogens (tertiary/aromatic N) is 1. The number of carbonyl (C=O) groups excluding carboxylic acids is 1. The van der Waals surface area contributed by atoms with Crippen LogP contribution in [0, 0.1) is 5.92 Å². The second-order valence-corrected chi connectivity index (χ2v) is 3.65. The van der Waals surface area contributed by atoms with Gasteiger partial charge in [0, 0.05) is 24.6 Å². The zero-order chi connectivity index (χ0) is 10.7. The molecule has 0 bridgehead atoms. The number of hydrogen-bond donors (Lipinski definition) is 2. The molecule has 1 unspecified atom stereocenters. The fourth-order valence-corrected chi connectivity index (χ4v) is 1.88. The third-order valence-corrected chi connectivity index (χ3v) is 2.70. The van der Waals surface area contributed by atoms with Crippen LogP contribution in [0.4, 0.5) is 0 Å². The summed E-state index contributed by atoms with van der Waals surface area (Å²) in [4.78, 5) is 23.6. The van der Waals surface area contributed by atoms with Crippen molar-refractivity contribution < 1.29 is 14.7 Å². The van der Waals surface area contributed by atoms with Crippen LogP contribution in [0.15, 0.2) is 12.7 Å². The second kappa shape index (κ2) is 4.50. The molecule has 4 nitrogen and oxygen atoms in total. The average molecular weight is 215 g/mol. The van der Waals surface area contributed by atoms with E-state index >= 15 is 0 Å². The van der Waals surface area contributed by atoms with Crippen LogP contribution >= 0.6 is 12.6 Å². The van der Waals surface area contributed by atoms with Crippen LogP contribution < -0.4 is 0 Å². The number of carboxylic acid groups (broad SMARTS) is 1. The van der Waals surface area contributed by atoms with Gasteiger partial charge in [-0.3, -0.25) is 4.79 Å². The number of thiol groups is 1. The number of rotatable bonds is 4. The van der Waals surface area contributed by atoms with Crippen molar-refractivity contribution in [2.24, 2.45) is 5.92 Å². The molecule has 0 aromatic rings. The van der Waals surface area contributed by atoms with Crippen molar-refractivity contribution in [1.82, 2.24) is 4.90 Å². The van der Waals surface area contributed by atoms with Crippen molar-refractivity contribution in [3.05, 3.63) is 12.7 Å². The summed E-state index contributed by atoms with van der Waals surface area (Å²) in [5.74, 6) is -0.913. The first-order chi connectivity index (χ1) is 6.60. The fraction of sp³-hybridized carbons (Fsp3) is 0.556. The molecule has 0 aromatic heterocycles. The molecule has 1 rings (SSSR count). The third kappa shape index (κ3) is 2.09. The van der Waals surface area contributed by atoms with Gasteiger partial charge in [0.1, 0.15) is 6.04 Å². The molecule has 14 heavy (non-hydrogen) atoms. The molecule has 1 aliphatic heterocycles. The summed E-state index contributed by atoms with van der Waals surface area (Å²) in [6.07, 6.45) is 2.05. The van der Waals surface area contributed by atoms with Crippen LogP contribution in [-0.4, -0.2) is 40.2 Å². The molecule has 0 radical (unpaired) electrons. The Balaban J connectivity index is 2.72. The van der Waals surface area contributed by atoms with Gasteiger partial charge in [0.05, 0.1) is 0 Å². The number of amides is 1. The first-order valence-corrected chi connectivity index (χ1v) is 4.99. The van der Waals surface area contributed by atoms with E-state index in [2.05, 4.69) is 19.2 Å². The highest BCUT2D eigenvalue weighted by Crippen LogP contribution is 2.21. The lowest BCUT2D eigenvalue weighted by atomic mass is 10.1. The van der Waals surface area contributed by atoms with Crippen molar-refractivity contribution in [3.8, 4) is 0 Å². The van der Waals surface area contributed by atoms with Gasteiger partial charge in [0.25, 0.3) is 0 Å². The topological polar surface area (TPSA) is 57.6 Å². The highest BCUT2D eigenvalue weighted by molar-refractivity contribution is 7.80. The Morgan fingerprint density at radius 1 is 1.86 bits per heavy atom. The SMILES string of the molecule is C=CC1CC(=O)N([C@@H](CS)C(=O)O)C1. The maximum Gasteiger partial charge on any atom is 0.327 e. The molecule has 0 saturated carbocycles. The average Bonchev–Trinajstić information content (AvgIpc) is 2.48. The molecule has 0 aromatic carbocycles. The zero-order valence-electron chi connectivity index (χ0n) is 7.72. The Hall–Kier alpha value is -0.970. The van der Waals surface area contributed by atoms with Gasteiger partial charge in [-0.1, -0.05) is 6.08 Å². The molecule has 1 heterocycles. The Kier molecular flexibility index (Phi) is 3.57. The minimum Gasteiger partial charge on any atom is -0.480 e. The standard InChI is InChI=1S/C9H13NO3S/c1-2-6-3-8(11)10(4-6)7(5-14)9(12)13/h2,6-7,14H,1,3-5H2,(H,12,13)/t6?,7-/m0/s1. The molecule has 2 atom stereocenters. The Bertz CT molecular complexity index is 267. The summed E-state index contributed by atoms with van der Waals surface area (Å²) < 4.78 is 0. The lowest BCUT2D eigenvalue weighted by molar-refractivity contribution is -0.147. The van der Waals surface area contributed by atoms with Crippen molar-refractivity contribution >= 4 is 24.5 Å². The van der Waals surface area contributed by atoms with Gasteiger partial charge < -0.3 is 10.0 Å². The van der Waals surface area contributed by atoms with Gasteiger partial charge in [0.2, 0.25) is 5.91 Å². The molecule has 1 saturated heterocycles. The monoisotopic (exact) mass is 215 g/mol. The zero-order valence-corrected chi connectivity index (χ0v) is 8.61. The highest BCUT2D eigenvalue weighted by Gasteiger charge is 2.35. The summed E-state index contributed by atoms with van der Waals surface area (Å²) >= 11 is 3.93. The first-order valence-electron chi connectivity index (χ1n) is 4.35. The Morgan fingerprint density at radius 3 is 2.86 bits per heavy atom. The third-order valence-electron chi connectivity index (χ3n) is 2.36. The van der Waals surface area contributed by atoms with E-state index in [1.807, 2.05) is 0 Å². The van der Waals surface area contributed by atoms with Crippen LogP contribution in [0.2, 0.25) is 0 Å². The normalized spacial score (nSPS) is 23.6. The molecular weight excluding hydrogens is 202 g/mol. The van der Waals surface area contributed by atoms with E-state index in [1.54, 1.807) is 6.08 Å². The maximum atomic E-state index is 11.4. The van der Waals surface area contributed by atoms with E-state index in [9.17, 15) is 9.59 Å². The van der Waals surface area contributed by atoms with Crippen LogP contribution in [0.3, 0.4) is 0 Å². The molecule has 1 aliphatic rings. The van der Waals surface area contributed by atoms with Gasteiger partial charge in [0.15, 0.2) is 0 Å². The Labute approximate surface area is 88.0 Å². The van der Waals surface area contributed by atoms with Crippen molar-refractivity contribution in [2.75, 3.05) is 12.3 Å². The van der Waals surface area contributed by atoms with Crippen molar-refractivity contribution in [1.29, 1.82) is 0 Å². The molecular formula is C9H13NO3S. The summed E-state index contributed by atoms with van der Waals surface area (Å²) in [7, 11) is 0. The van der Waals surface area contributed by atoms with Crippen LogP contribution in [0.5, 0.6) is 0 Å². The lowest BCUT2D eigenvalue weighted by Crippen LogP contribution is -2.43. The maximum absolute atomic E-state index is 11.4. The van der Waals surface area contributed by atoms with Crippen LogP contribution in [0.25, 0.3) is 0 Å². The van der Waals surface area contributed by atoms with Gasteiger partial charge in [-0.2, -0.15) is 12.6 Å². The minimum atomic E-state index is -1.00. The van der Waals surface area contributed by atoms with E-state index in [-0.39, 0.29) is 17.6 Å². The molecule has 1 N–H and O–H groups in total. The Morgan fingerprint density at radius 2 is 2.50 bits per heavy atom. The minimum absolute atomic E-state index is 0.0734. The number of carbonyl (C=O) groups is 2. The van der Waals surface area contributed by atoms with Crippen molar-refractivity contribution in [2.45, 2.75) is 12.5 Å². The molecule has 0 spiro atoms. The molecule has 1 fully saturated rings. The number of likely N-dealkylation sites (tertiary alicyclic amines) is 1. The predicted molar refractivity (Wildman–Crippen MR) is 55.3 cm³/mol. The molecule has 1 amide bonds. The van der Waals surface area contributed by atoms with Crippen LogP contribution in [0.1, 0.15) is 6.42 Å².